The molecular formula is C14H23ClIN3. The van der Waals surface area contributed by atoms with Crippen LogP contribution in [0, 0.1) is 5.92 Å². The van der Waals surface area contributed by atoms with Gasteiger partial charge in [-0.1, -0.05) is 37.6 Å². The van der Waals surface area contributed by atoms with Gasteiger partial charge in [0.05, 0.1) is 0 Å². The molecule has 0 fully saturated rings. The predicted molar refractivity (Wildman–Crippen MR) is 94.5 cm³/mol. The van der Waals surface area contributed by atoms with E-state index in [0.717, 1.165) is 24.1 Å². The normalized spacial score (nSPS) is 11.2. The summed E-state index contributed by atoms with van der Waals surface area (Å²) in [5.41, 5.74) is 1.22. The average Bonchev–Trinajstić information content (AvgIpc) is 2.32. The molecule has 5 heteroatoms. The molecule has 0 bridgehead atoms. The molecule has 0 unspecified atom stereocenters. The lowest BCUT2D eigenvalue weighted by molar-refractivity contribution is 0.468. The Hall–Kier alpha value is -0.490. The van der Waals surface area contributed by atoms with Crippen molar-refractivity contribution in [2.24, 2.45) is 10.9 Å². The van der Waals surface area contributed by atoms with Crippen molar-refractivity contribution in [3.63, 3.8) is 0 Å². The van der Waals surface area contributed by atoms with Gasteiger partial charge in [0.15, 0.2) is 5.96 Å². The van der Waals surface area contributed by atoms with Gasteiger partial charge in [-0.25, -0.2) is 0 Å². The van der Waals surface area contributed by atoms with Crippen LogP contribution in [0.15, 0.2) is 29.3 Å². The highest BCUT2D eigenvalue weighted by atomic mass is 127. The minimum Gasteiger partial charge on any atom is -0.356 e. The van der Waals surface area contributed by atoms with E-state index in [1.165, 1.54) is 5.56 Å². The van der Waals surface area contributed by atoms with Crippen LogP contribution in [0.2, 0.25) is 5.02 Å². The quantitative estimate of drug-likeness (QED) is 0.479. The molecule has 0 aliphatic carbocycles. The van der Waals surface area contributed by atoms with E-state index in [0.29, 0.717) is 5.92 Å². The fourth-order valence-electron chi connectivity index (χ4n) is 1.62. The summed E-state index contributed by atoms with van der Waals surface area (Å²) in [6.45, 7) is 6.10. The zero-order valence-electron chi connectivity index (χ0n) is 12.0. The molecule has 0 radical (unpaired) electrons. The van der Waals surface area contributed by atoms with Gasteiger partial charge in [-0.15, -0.1) is 24.0 Å². The zero-order chi connectivity index (χ0) is 13.5. The Morgan fingerprint density at radius 1 is 1.32 bits per heavy atom. The molecule has 19 heavy (non-hydrogen) atoms. The highest BCUT2D eigenvalue weighted by Gasteiger charge is 2.06. The maximum atomic E-state index is 5.87. The highest BCUT2D eigenvalue weighted by molar-refractivity contribution is 14.0. The van der Waals surface area contributed by atoms with Crippen LogP contribution in [0.3, 0.4) is 0 Å². The minimum atomic E-state index is 0. The van der Waals surface area contributed by atoms with Crippen LogP contribution in [0.4, 0.5) is 0 Å². The van der Waals surface area contributed by atoms with E-state index in [1.807, 2.05) is 31.3 Å². The van der Waals surface area contributed by atoms with Gasteiger partial charge in [0, 0.05) is 32.2 Å². The van der Waals surface area contributed by atoms with Gasteiger partial charge < -0.3 is 10.2 Å². The number of nitrogens with one attached hydrogen (secondary N) is 1. The Labute approximate surface area is 138 Å². The monoisotopic (exact) mass is 395 g/mol. The Morgan fingerprint density at radius 3 is 2.37 bits per heavy atom. The second-order valence-corrected chi connectivity index (χ2v) is 5.24. The van der Waals surface area contributed by atoms with Crippen LogP contribution in [0.1, 0.15) is 19.4 Å². The number of halogens is 2. The summed E-state index contributed by atoms with van der Waals surface area (Å²) in [6.07, 6.45) is 0. The Balaban J connectivity index is 0.00000324. The van der Waals surface area contributed by atoms with Crippen molar-refractivity contribution >= 4 is 41.5 Å². The second kappa shape index (κ2) is 9.42. The summed E-state index contributed by atoms with van der Waals surface area (Å²) in [7, 11) is 3.84. The summed E-state index contributed by atoms with van der Waals surface area (Å²) in [4.78, 5) is 6.38. The van der Waals surface area contributed by atoms with Crippen molar-refractivity contribution < 1.29 is 0 Å². The van der Waals surface area contributed by atoms with Gasteiger partial charge >= 0.3 is 0 Å². The molecule has 1 rings (SSSR count). The molecule has 108 valence electrons. The molecule has 0 aliphatic rings. The molecule has 0 amide bonds. The zero-order valence-corrected chi connectivity index (χ0v) is 15.1. The molecule has 0 saturated carbocycles. The summed E-state index contributed by atoms with van der Waals surface area (Å²) in [5, 5.41) is 4.12. The lowest BCUT2D eigenvalue weighted by Gasteiger charge is -2.23. The van der Waals surface area contributed by atoms with Crippen molar-refractivity contribution in [1.29, 1.82) is 0 Å². The van der Waals surface area contributed by atoms with Crippen LogP contribution in [0.25, 0.3) is 0 Å². The van der Waals surface area contributed by atoms with E-state index in [9.17, 15) is 0 Å². The van der Waals surface area contributed by atoms with E-state index in [-0.39, 0.29) is 24.0 Å². The molecular weight excluding hydrogens is 373 g/mol. The first kappa shape index (κ1) is 18.5. The van der Waals surface area contributed by atoms with E-state index >= 15 is 0 Å². The van der Waals surface area contributed by atoms with E-state index in [1.54, 1.807) is 7.05 Å². The summed E-state index contributed by atoms with van der Waals surface area (Å²) >= 11 is 5.87. The van der Waals surface area contributed by atoms with Crippen molar-refractivity contribution in [2.75, 3.05) is 20.6 Å². The standard InChI is InChI=1S/C14H22ClN3.HI/c1-11(2)9-17-14(16-3)18(4)10-12-5-7-13(15)8-6-12;/h5-8,11H,9-10H2,1-4H3,(H,16,17);1H. The molecule has 1 aromatic rings. The molecule has 1 N–H and O–H groups in total. The van der Waals surface area contributed by atoms with Crippen molar-refractivity contribution in [3.05, 3.63) is 34.9 Å². The summed E-state index contributed by atoms with van der Waals surface area (Å²) < 4.78 is 0. The predicted octanol–water partition coefficient (Wildman–Crippen LogP) is 3.62. The third-order valence-corrected chi connectivity index (χ3v) is 2.83. The minimum absolute atomic E-state index is 0. The molecule has 0 heterocycles. The topological polar surface area (TPSA) is 27.6 Å². The summed E-state index contributed by atoms with van der Waals surface area (Å²) in [5.74, 6) is 1.52. The molecule has 3 nitrogen and oxygen atoms in total. The Kier molecular flexibility index (Phi) is 9.18. The van der Waals surface area contributed by atoms with Gasteiger partial charge in [-0.05, 0) is 23.6 Å². The van der Waals surface area contributed by atoms with Crippen LogP contribution >= 0.6 is 35.6 Å². The summed E-state index contributed by atoms with van der Waals surface area (Å²) in [6, 6.07) is 7.90. The molecule has 0 aromatic heterocycles. The van der Waals surface area contributed by atoms with Crippen molar-refractivity contribution in [2.45, 2.75) is 20.4 Å². The number of nitrogens with zero attached hydrogens (tertiary/aromatic N) is 2. The molecule has 0 spiro atoms. The van der Waals surface area contributed by atoms with Gasteiger partial charge in [0.2, 0.25) is 0 Å². The number of aliphatic imine (C=N–C) groups is 1. The van der Waals surface area contributed by atoms with E-state index < -0.39 is 0 Å². The average molecular weight is 396 g/mol. The number of hydrogen-bond acceptors (Lipinski definition) is 1. The van der Waals surface area contributed by atoms with Crippen molar-refractivity contribution in [1.82, 2.24) is 10.2 Å². The van der Waals surface area contributed by atoms with Crippen molar-refractivity contribution in [3.8, 4) is 0 Å². The van der Waals surface area contributed by atoms with Crippen LogP contribution < -0.4 is 5.32 Å². The second-order valence-electron chi connectivity index (χ2n) is 4.80. The Morgan fingerprint density at radius 2 is 1.89 bits per heavy atom. The molecule has 0 aliphatic heterocycles. The third-order valence-electron chi connectivity index (χ3n) is 2.57. The SMILES string of the molecule is CN=C(NCC(C)C)N(C)Cc1ccc(Cl)cc1.I. The molecule has 1 aromatic carbocycles. The van der Waals surface area contributed by atoms with Gasteiger partial charge in [-0.3, -0.25) is 4.99 Å². The Bertz CT molecular complexity index is 390. The number of guanidine groups is 1. The van der Waals surface area contributed by atoms with Crippen LogP contribution in [-0.4, -0.2) is 31.5 Å². The molecule has 0 atom stereocenters. The number of hydrogen-bond donors (Lipinski definition) is 1. The first-order valence-electron chi connectivity index (χ1n) is 6.19. The van der Waals surface area contributed by atoms with Gasteiger partial charge in [0.25, 0.3) is 0 Å². The fraction of sp³-hybridized carbons (Fsp3) is 0.500. The fourth-order valence-corrected chi connectivity index (χ4v) is 1.74. The number of rotatable bonds is 4. The first-order chi connectivity index (χ1) is 8.52. The van der Waals surface area contributed by atoms with E-state index in [4.69, 9.17) is 11.6 Å². The highest BCUT2D eigenvalue weighted by Crippen LogP contribution is 2.10. The number of benzene rings is 1. The molecule has 0 saturated heterocycles. The third kappa shape index (κ3) is 7.01. The van der Waals surface area contributed by atoms with Gasteiger partial charge in [0.1, 0.15) is 0 Å². The largest absolute Gasteiger partial charge is 0.356 e. The van der Waals surface area contributed by atoms with Gasteiger partial charge in [-0.2, -0.15) is 0 Å². The lowest BCUT2D eigenvalue weighted by atomic mass is 10.2. The maximum absolute atomic E-state index is 5.87. The first-order valence-corrected chi connectivity index (χ1v) is 6.57. The lowest BCUT2D eigenvalue weighted by Crippen LogP contribution is -2.40. The van der Waals surface area contributed by atoms with Crippen LogP contribution in [-0.2, 0) is 6.54 Å². The smallest absolute Gasteiger partial charge is 0.193 e. The maximum Gasteiger partial charge on any atom is 0.193 e. The van der Waals surface area contributed by atoms with Crippen LogP contribution in [0.5, 0.6) is 0 Å². The van der Waals surface area contributed by atoms with E-state index in [2.05, 4.69) is 29.1 Å².